The molecule has 0 atom stereocenters. The predicted octanol–water partition coefficient (Wildman–Crippen LogP) is 2.02. The number of benzene rings is 1. The maximum Gasteiger partial charge on any atom is 0.0998 e. The van der Waals surface area contributed by atoms with Crippen LogP contribution < -0.4 is 0 Å². The summed E-state index contributed by atoms with van der Waals surface area (Å²) in [7, 11) is 0. The predicted molar refractivity (Wildman–Crippen MR) is 52.2 cm³/mol. The molecule has 0 amide bonds. The molecule has 0 saturated heterocycles. The Balaban J connectivity index is 2.58. The molecule has 0 spiro atoms. The van der Waals surface area contributed by atoms with Crippen LogP contribution in [0.25, 0.3) is 11.1 Å². The van der Waals surface area contributed by atoms with Gasteiger partial charge in [-0.1, -0.05) is 18.2 Å². The summed E-state index contributed by atoms with van der Waals surface area (Å²) in [4.78, 5) is 0. The molecule has 1 aromatic carbocycles. The lowest BCUT2D eigenvalue weighted by atomic mass is 10.0. The van der Waals surface area contributed by atoms with Crippen LogP contribution in [0.3, 0.4) is 0 Å². The number of aromatic nitrogens is 2. The highest BCUT2D eigenvalue weighted by atomic mass is 15.1. The molecule has 3 nitrogen and oxygen atoms in total. The molecule has 14 heavy (non-hydrogen) atoms. The Hall–Kier alpha value is -2.21. The topological polar surface area (TPSA) is 49.6 Å². The van der Waals surface area contributed by atoms with Gasteiger partial charge in [0.2, 0.25) is 0 Å². The molecule has 2 aromatic rings. The molecule has 0 aliphatic heterocycles. The van der Waals surface area contributed by atoms with Gasteiger partial charge in [0, 0.05) is 11.1 Å². The third kappa shape index (κ3) is 1.46. The average molecular weight is 181 g/mol. The van der Waals surface area contributed by atoms with Gasteiger partial charge in [-0.2, -0.15) is 15.5 Å². The lowest BCUT2D eigenvalue weighted by Gasteiger charge is -2.01. The van der Waals surface area contributed by atoms with E-state index in [4.69, 9.17) is 5.26 Å². The Labute approximate surface area is 81.7 Å². The van der Waals surface area contributed by atoms with Crippen molar-refractivity contribution in [1.82, 2.24) is 10.2 Å². The molecule has 0 radical (unpaired) electrons. The van der Waals surface area contributed by atoms with Crippen LogP contribution in [0.2, 0.25) is 0 Å². The molecule has 0 bridgehead atoms. The summed E-state index contributed by atoms with van der Waals surface area (Å²) in [6.45, 7) is 0. The molecular weight excluding hydrogens is 174 g/mol. The molecule has 0 aliphatic carbocycles. The van der Waals surface area contributed by atoms with Crippen LogP contribution in [-0.2, 0) is 0 Å². The summed E-state index contributed by atoms with van der Waals surface area (Å²) in [5, 5.41) is 16.4. The van der Waals surface area contributed by atoms with Gasteiger partial charge >= 0.3 is 0 Å². The maximum absolute atomic E-state index is 8.89. The molecule has 0 unspecified atom stereocenters. The highest BCUT2D eigenvalue weighted by Gasteiger charge is 2.02. The van der Waals surface area contributed by atoms with Gasteiger partial charge < -0.3 is 0 Å². The van der Waals surface area contributed by atoms with Gasteiger partial charge in [-0.15, -0.1) is 0 Å². The Bertz CT molecular complexity index is 471. The quantitative estimate of drug-likeness (QED) is 0.676. The summed E-state index contributed by atoms with van der Waals surface area (Å²) in [6.07, 6.45) is 3.26. The van der Waals surface area contributed by atoms with E-state index in [0.29, 0.717) is 5.56 Å². The standard InChI is InChI=1S/C11H7N3/c12-7-9-3-1-2-4-11(9)10-5-6-13-14-8-10/h1-6,8H. The van der Waals surface area contributed by atoms with E-state index in [1.54, 1.807) is 18.5 Å². The second kappa shape index (κ2) is 3.67. The zero-order valence-electron chi connectivity index (χ0n) is 7.38. The maximum atomic E-state index is 8.89. The van der Waals surface area contributed by atoms with Gasteiger partial charge in [0.1, 0.15) is 0 Å². The molecule has 0 aliphatic rings. The van der Waals surface area contributed by atoms with Gasteiger partial charge in [-0.3, -0.25) is 0 Å². The highest BCUT2D eigenvalue weighted by Crippen LogP contribution is 2.21. The van der Waals surface area contributed by atoms with Crippen LogP contribution in [0.1, 0.15) is 5.56 Å². The average Bonchev–Trinajstić information content (AvgIpc) is 2.30. The lowest BCUT2D eigenvalue weighted by Crippen LogP contribution is -1.85. The van der Waals surface area contributed by atoms with Crippen LogP contribution in [0, 0.1) is 11.3 Å². The van der Waals surface area contributed by atoms with Crippen molar-refractivity contribution in [1.29, 1.82) is 5.26 Å². The van der Waals surface area contributed by atoms with E-state index in [2.05, 4.69) is 16.3 Å². The van der Waals surface area contributed by atoms with E-state index in [1.165, 1.54) is 0 Å². The Kier molecular flexibility index (Phi) is 2.20. The van der Waals surface area contributed by atoms with E-state index in [0.717, 1.165) is 11.1 Å². The van der Waals surface area contributed by atoms with Crippen molar-refractivity contribution in [2.24, 2.45) is 0 Å². The highest BCUT2D eigenvalue weighted by molar-refractivity contribution is 5.69. The summed E-state index contributed by atoms with van der Waals surface area (Å²) in [6, 6.07) is 11.4. The van der Waals surface area contributed by atoms with Gasteiger partial charge in [0.25, 0.3) is 0 Å². The van der Waals surface area contributed by atoms with Crippen LogP contribution in [0.15, 0.2) is 42.7 Å². The minimum absolute atomic E-state index is 0.653. The molecule has 0 fully saturated rings. The Morgan fingerprint density at radius 3 is 2.64 bits per heavy atom. The normalized spacial score (nSPS) is 9.36. The van der Waals surface area contributed by atoms with Crippen LogP contribution in [-0.4, -0.2) is 10.2 Å². The zero-order chi connectivity index (χ0) is 9.80. The van der Waals surface area contributed by atoms with Crippen molar-refractivity contribution >= 4 is 0 Å². The first-order valence-corrected chi connectivity index (χ1v) is 4.18. The van der Waals surface area contributed by atoms with Gasteiger partial charge in [-0.25, -0.2) is 0 Å². The van der Waals surface area contributed by atoms with Crippen LogP contribution >= 0.6 is 0 Å². The van der Waals surface area contributed by atoms with Crippen molar-refractivity contribution in [2.75, 3.05) is 0 Å². The van der Waals surface area contributed by atoms with E-state index >= 15 is 0 Å². The van der Waals surface area contributed by atoms with E-state index in [-0.39, 0.29) is 0 Å². The third-order valence-electron chi connectivity index (χ3n) is 1.94. The van der Waals surface area contributed by atoms with Gasteiger partial charge in [0.15, 0.2) is 0 Å². The number of hydrogen-bond acceptors (Lipinski definition) is 3. The van der Waals surface area contributed by atoms with Crippen molar-refractivity contribution in [2.45, 2.75) is 0 Å². The van der Waals surface area contributed by atoms with Crippen LogP contribution in [0.4, 0.5) is 0 Å². The zero-order valence-corrected chi connectivity index (χ0v) is 7.38. The van der Waals surface area contributed by atoms with E-state index < -0.39 is 0 Å². The second-order valence-corrected chi connectivity index (χ2v) is 2.79. The number of nitriles is 1. The first kappa shape index (κ1) is 8.39. The summed E-state index contributed by atoms with van der Waals surface area (Å²) in [5.74, 6) is 0. The smallest absolute Gasteiger partial charge is 0.0998 e. The molecular formula is C11H7N3. The molecule has 66 valence electrons. The third-order valence-corrected chi connectivity index (χ3v) is 1.94. The van der Waals surface area contributed by atoms with Crippen molar-refractivity contribution < 1.29 is 0 Å². The van der Waals surface area contributed by atoms with Crippen molar-refractivity contribution in [3.63, 3.8) is 0 Å². The minimum Gasteiger partial charge on any atom is -0.192 e. The minimum atomic E-state index is 0.653. The fourth-order valence-electron chi connectivity index (χ4n) is 1.28. The molecule has 2 rings (SSSR count). The monoisotopic (exact) mass is 181 g/mol. The molecule has 1 aromatic heterocycles. The second-order valence-electron chi connectivity index (χ2n) is 2.79. The first-order valence-electron chi connectivity index (χ1n) is 4.18. The lowest BCUT2D eigenvalue weighted by molar-refractivity contribution is 1.03. The molecule has 1 heterocycles. The first-order chi connectivity index (χ1) is 6.92. The largest absolute Gasteiger partial charge is 0.192 e. The summed E-state index contributed by atoms with van der Waals surface area (Å²) >= 11 is 0. The van der Waals surface area contributed by atoms with Gasteiger partial charge in [-0.05, 0) is 12.1 Å². The molecule has 0 saturated carbocycles. The van der Waals surface area contributed by atoms with Crippen LogP contribution in [0.5, 0.6) is 0 Å². The number of rotatable bonds is 1. The SMILES string of the molecule is N#Cc1ccccc1-c1ccnnc1. The number of hydrogen-bond donors (Lipinski definition) is 0. The van der Waals surface area contributed by atoms with E-state index in [9.17, 15) is 0 Å². The van der Waals surface area contributed by atoms with Crippen molar-refractivity contribution in [3.05, 3.63) is 48.3 Å². The Morgan fingerprint density at radius 2 is 1.93 bits per heavy atom. The molecule has 3 heteroatoms. The number of nitrogens with zero attached hydrogens (tertiary/aromatic N) is 3. The Morgan fingerprint density at radius 1 is 1.07 bits per heavy atom. The fourth-order valence-corrected chi connectivity index (χ4v) is 1.28. The van der Waals surface area contributed by atoms with Crippen molar-refractivity contribution in [3.8, 4) is 17.2 Å². The fraction of sp³-hybridized carbons (Fsp3) is 0. The van der Waals surface area contributed by atoms with E-state index in [1.807, 2.05) is 24.3 Å². The molecule has 0 N–H and O–H groups in total. The summed E-state index contributed by atoms with van der Waals surface area (Å²) in [5.41, 5.74) is 2.46. The summed E-state index contributed by atoms with van der Waals surface area (Å²) < 4.78 is 0. The van der Waals surface area contributed by atoms with Gasteiger partial charge in [0.05, 0.1) is 24.0 Å².